The van der Waals surface area contributed by atoms with Crippen LogP contribution < -0.4 is 0 Å². The molecular formula is C22H32N2O4S. The van der Waals surface area contributed by atoms with Crippen molar-refractivity contribution in [2.24, 2.45) is 0 Å². The lowest BCUT2D eigenvalue weighted by molar-refractivity contribution is -0.0553. The molecule has 2 saturated heterocycles. The molecule has 1 aromatic carbocycles. The van der Waals surface area contributed by atoms with Gasteiger partial charge in [0, 0.05) is 36.7 Å². The van der Waals surface area contributed by atoms with Crippen LogP contribution in [-0.2, 0) is 10.0 Å². The zero-order chi connectivity index (χ0) is 21.2. The maximum absolute atomic E-state index is 12.5. The van der Waals surface area contributed by atoms with E-state index < -0.39 is 15.6 Å². The third-order valence-corrected chi connectivity index (χ3v) is 7.75. The van der Waals surface area contributed by atoms with Crippen molar-refractivity contribution in [3.8, 4) is 11.8 Å². The molecule has 29 heavy (non-hydrogen) atoms. The van der Waals surface area contributed by atoms with Crippen LogP contribution in [0, 0.1) is 11.8 Å². The van der Waals surface area contributed by atoms with E-state index in [1.807, 2.05) is 24.3 Å². The van der Waals surface area contributed by atoms with E-state index in [1.165, 1.54) is 0 Å². The number of hydrogen-bond donors (Lipinski definition) is 2. The van der Waals surface area contributed by atoms with Crippen LogP contribution in [-0.4, -0.2) is 77.5 Å². The molecule has 0 saturated carbocycles. The summed E-state index contributed by atoms with van der Waals surface area (Å²) >= 11 is 0. The van der Waals surface area contributed by atoms with E-state index in [0.29, 0.717) is 13.1 Å². The van der Waals surface area contributed by atoms with Crippen LogP contribution in [0.25, 0.3) is 0 Å². The lowest BCUT2D eigenvalue weighted by atomic mass is 9.74. The maximum Gasteiger partial charge on any atom is 0.213 e. The topological polar surface area (TPSA) is 81.1 Å². The van der Waals surface area contributed by atoms with E-state index in [9.17, 15) is 18.6 Å². The number of aliphatic hydroxyl groups excluding tert-OH is 1. The van der Waals surface area contributed by atoms with Gasteiger partial charge in [-0.15, -0.1) is 0 Å². The van der Waals surface area contributed by atoms with Crippen LogP contribution in [0.4, 0.5) is 0 Å². The van der Waals surface area contributed by atoms with Crippen molar-refractivity contribution in [1.29, 1.82) is 0 Å². The quantitative estimate of drug-likeness (QED) is 0.720. The van der Waals surface area contributed by atoms with Crippen molar-refractivity contribution in [1.82, 2.24) is 9.21 Å². The first kappa shape index (κ1) is 22.3. The summed E-state index contributed by atoms with van der Waals surface area (Å²) in [7, 11) is -3.24. The summed E-state index contributed by atoms with van der Waals surface area (Å²) in [4.78, 5) is 2.27. The molecule has 2 aliphatic heterocycles. The molecule has 0 bridgehead atoms. The van der Waals surface area contributed by atoms with Crippen LogP contribution in [0.3, 0.4) is 0 Å². The van der Waals surface area contributed by atoms with Gasteiger partial charge in [0.15, 0.2) is 0 Å². The molecule has 3 rings (SSSR count). The van der Waals surface area contributed by atoms with Gasteiger partial charge in [0.25, 0.3) is 0 Å². The average Bonchev–Trinajstić information content (AvgIpc) is 2.65. The number of aliphatic hydroxyl groups is 2. The molecule has 2 aliphatic rings. The first-order valence-corrected chi connectivity index (χ1v) is 12.0. The summed E-state index contributed by atoms with van der Waals surface area (Å²) in [5.74, 6) is 5.98. The smallest absolute Gasteiger partial charge is 0.213 e. The van der Waals surface area contributed by atoms with Crippen molar-refractivity contribution in [3.05, 3.63) is 35.4 Å². The third kappa shape index (κ3) is 5.01. The van der Waals surface area contributed by atoms with Gasteiger partial charge >= 0.3 is 0 Å². The van der Waals surface area contributed by atoms with Gasteiger partial charge in [0.1, 0.15) is 5.60 Å². The average molecular weight is 421 g/mol. The second-order valence-corrected chi connectivity index (χ2v) is 10.7. The predicted octanol–water partition coefficient (Wildman–Crippen LogP) is 1.38. The Morgan fingerprint density at radius 3 is 2.41 bits per heavy atom. The lowest BCUT2D eigenvalue weighted by Gasteiger charge is -2.57. The molecule has 0 spiro atoms. The van der Waals surface area contributed by atoms with Gasteiger partial charge in [-0.05, 0) is 57.9 Å². The first-order chi connectivity index (χ1) is 13.7. The molecule has 2 fully saturated rings. The van der Waals surface area contributed by atoms with Gasteiger partial charge in [-0.2, -0.15) is 0 Å². The van der Waals surface area contributed by atoms with Crippen molar-refractivity contribution in [2.75, 3.05) is 32.0 Å². The van der Waals surface area contributed by atoms with Gasteiger partial charge in [-0.1, -0.05) is 24.0 Å². The van der Waals surface area contributed by atoms with Gasteiger partial charge < -0.3 is 10.2 Å². The van der Waals surface area contributed by atoms with Crippen LogP contribution in [0.5, 0.6) is 0 Å². The predicted molar refractivity (Wildman–Crippen MR) is 114 cm³/mol. The highest BCUT2D eigenvalue weighted by molar-refractivity contribution is 7.89. The highest BCUT2D eigenvalue weighted by Gasteiger charge is 2.49. The molecule has 3 atom stereocenters. The van der Waals surface area contributed by atoms with Crippen LogP contribution in [0.1, 0.15) is 50.7 Å². The molecule has 0 amide bonds. The summed E-state index contributed by atoms with van der Waals surface area (Å²) in [5, 5.41) is 19.8. The summed E-state index contributed by atoms with van der Waals surface area (Å²) < 4.78 is 26.7. The van der Waals surface area contributed by atoms with Gasteiger partial charge in [-0.25, -0.2) is 12.7 Å². The van der Waals surface area contributed by atoms with Crippen molar-refractivity contribution < 1.29 is 18.6 Å². The minimum atomic E-state index is -3.24. The van der Waals surface area contributed by atoms with E-state index in [4.69, 9.17) is 0 Å². The Labute approximate surface area is 174 Å². The Morgan fingerprint density at radius 2 is 1.83 bits per heavy atom. The second kappa shape index (κ2) is 8.75. The van der Waals surface area contributed by atoms with Gasteiger partial charge in [-0.3, -0.25) is 4.90 Å². The number of sulfonamides is 1. The molecule has 0 aliphatic carbocycles. The molecule has 0 radical (unpaired) electrons. The highest BCUT2D eigenvalue weighted by Crippen LogP contribution is 2.42. The summed E-state index contributed by atoms with van der Waals surface area (Å²) in [6.45, 7) is 6.97. The Morgan fingerprint density at radius 1 is 1.17 bits per heavy atom. The fraction of sp³-hybridized carbons (Fsp3) is 0.636. The Balaban J connectivity index is 1.84. The fourth-order valence-corrected chi connectivity index (χ4v) is 5.51. The largest absolute Gasteiger partial charge is 0.395 e. The van der Waals surface area contributed by atoms with Gasteiger partial charge in [0.2, 0.25) is 10.0 Å². The highest BCUT2D eigenvalue weighted by atomic mass is 32.2. The normalized spacial score (nSPS) is 26.4. The minimum absolute atomic E-state index is 0.0117. The number of nitrogens with zero attached hydrogens (tertiary/aromatic N) is 2. The molecular weight excluding hydrogens is 388 g/mol. The minimum Gasteiger partial charge on any atom is -0.395 e. The molecule has 0 aromatic heterocycles. The monoisotopic (exact) mass is 420 g/mol. The van der Waals surface area contributed by atoms with E-state index in [0.717, 1.165) is 30.5 Å². The van der Waals surface area contributed by atoms with Crippen LogP contribution >= 0.6 is 0 Å². The maximum atomic E-state index is 12.5. The third-order valence-electron chi connectivity index (χ3n) is 5.90. The van der Waals surface area contributed by atoms with E-state index in [1.54, 1.807) is 25.1 Å². The molecule has 0 unspecified atom stereocenters. The van der Waals surface area contributed by atoms with Gasteiger partial charge in [0.05, 0.1) is 12.4 Å². The first-order valence-electron chi connectivity index (χ1n) is 10.4. The summed E-state index contributed by atoms with van der Waals surface area (Å²) in [6, 6.07) is 7.95. The Kier molecular flexibility index (Phi) is 6.71. The van der Waals surface area contributed by atoms with Crippen LogP contribution in [0.2, 0.25) is 0 Å². The molecule has 2 N–H and O–H groups in total. The standard InChI is InChI=1S/C22H32N2O4S/c1-4-29(27,28)23-13-5-6-14-24-19(15-23)21(20(24)16-25)18-9-7-17(8-10-18)11-12-22(2,3)26/h7-10,19-21,25-26H,4-6,13-16H2,1-3H3/t19-,20-,21+/m1/s1. The molecule has 1 aromatic rings. The number of hydrogen-bond acceptors (Lipinski definition) is 5. The van der Waals surface area contributed by atoms with E-state index in [-0.39, 0.29) is 30.4 Å². The Hall–Kier alpha value is -1.43. The molecule has 160 valence electrons. The summed E-state index contributed by atoms with van der Waals surface area (Å²) in [5.41, 5.74) is 0.872. The number of benzene rings is 1. The number of rotatable bonds is 4. The van der Waals surface area contributed by atoms with E-state index in [2.05, 4.69) is 16.7 Å². The van der Waals surface area contributed by atoms with Crippen molar-refractivity contribution in [3.63, 3.8) is 0 Å². The van der Waals surface area contributed by atoms with Crippen molar-refractivity contribution >= 4 is 10.0 Å². The fourth-order valence-electron chi connectivity index (χ4n) is 4.36. The molecule has 7 heteroatoms. The zero-order valence-corrected chi connectivity index (χ0v) is 18.3. The molecule has 6 nitrogen and oxygen atoms in total. The molecule has 2 heterocycles. The van der Waals surface area contributed by atoms with Crippen molar-refractivity contribution in [2.45, 2.75) is 57.2 Å². The Bertz CT molecular complexity index is 865. The van der Waals surface area contributed by atoms with E-state index >= 15 is 0 Å². The summed E-state index contributed by atoms with van der Waals surface area (Å²) in [6.07, 6.45) is 1.78. The van der Waals surface area contributed by atoms with Crippen LogP contribution in [0.15, 0.2) is 24.3 Å². The second-order valence-electron chi connectivity index (χ2n) is 8.48. The SMILES string of the molecule is CCS(=O)(=O)N1CCCCN2[C@H](CO)[C@@H](c3ccc(C#CC(C)(C)O)cc3)[C@H]2C1. The lowest BCUT2D eigenvalue weighted by Crippen LogP contribution is -2.67. The zero-order valence-electron chi connectivity index (χ0n) is 17.5. The number of fused-ring (bicyclic) bond motifs is 1.